The zero-order valence-corrected chi connectivity index (χ0v) is 10.7. The van der Waals surface area contributed by atoms with E-state index in [0.29, 0.717) is 0 Å². The summed E-state index contributed by atoms with van der Waals surface area (Å²) in [5.41, 5.74) is 1.08. The van der Waals surface area contributed by atoms with Crippen LogP contribution < -0.4 is 0 Å². The van der Waals surface area contributed by atoms with Crippen LogP contribution in [0.25, 0.3) is 0 Å². The zero-order chi connectivity index (χ0) is 11.1. The van der Waals surface area contributed by atoms with Crippen LogP contribution in [0.4, 0.5) is 4.39 Å². The molecule has 2 aliphatic rings. The second-order valence-corrected chi connectivity index (χ2v) is 5.96. The van der Waals surface area contributed by atoms with Crippen molar-refractivity contribution in [2.45, 2.75) is 31.8 Å². The third kappa shape index (κ3) is 2.03. The van der Waals surface area contributed by atoms with Crippen LogP contribution in [0.5, 0.6) is 0 Å². The highest BCUT2D eigenvalue weighted by atomic mass is 79.9. The average molecular weight is 284 g/mol. The molecule has 1 saturated carbocycles. The van der Waals surface area contributed by atoms with Gasteiger partial charge in [-0.15, -0.1) is 0 Å². The Kier molecular flexibility index (Phi) is 2.76. The molecule has 1 aliphatic carbocycles. The molecule has 86 valence electrons. The maximum atomic E-state index is 13.2. The molecule has 0 spiro atoms. The number of benzene rings is 1. The lowest BCUT2D eigenvalue weighted by atomic mass is 10.1. The summed E-state index contributed by atoms with van der Waals surface area (Å²) in [6.07, 6.45) is 4.09. The molecule has 0 radical (unpaired) electrons. The third-order valence-electron chi connectivity index (χ3n) is 3.83. The molecule has 2 bridgehead atoms. The van der Waals surface area contributed by atoms with E-state index < -0.39 is 0 Å². The van der Waals surface area contributed by atoms with E-state index in [0.717, 1.165) is 28.5 Å². The van der Waals surface area contributed by atoms with Crippen molar-refractivity contribution in [3.63, 3.8) is 0 Å². The normalized spacial score (nSPS) is 28.9. The predicted octanol–water partition coefficient (Wildman–Crippen LogP) is 3.57. The standard InChI is InChI=1S/C13H15BrFN/c14-11-3-10(4-12(15)6-11)8-16-7-9-1-2-13(16)5-9/h3-4,6,9,13H,1-2,5,7-8H2. The maximum Gasteiger partial charge on any atom is 0.124 e. The van der Waals surface area contributed by atoms with E-state index in [2.05, 4.69) is 20.8 Å². The van der Waals surface area contributed by atoms with Crippen LogP contribution in [0, 0.1) is 11.7 Å². The first-order valence-corrected chi connectivity index (χ1v) is 6.69. The maximum absolute atomic E-state index is 13.2. The van der Waals surface area contributed by atoms with E-state index in [1.807, 2.05) is 6.07 Å². The summed E-state index contributed by atoms with van der Waals surface area (Å²) in [7, 11) is 0. The Hall–Kier alpha value is -0.410. The Morgan fingerprint density at radius 2 is 2.19 bits per heavy atom. The SMILES string of the molecule is Fc1cc(Br)cc(CN2CC3CCC2C3)c1. The van der Waals surface area contributed by atoms with E-state index in [-0.39, 0.29) is 5.82 Å². The van der Waals surface area contributed by atoms with Gasteiger partial charge in [0.05, 0.1) is 0 Å². The number of hydrogen-bond acceptors (Lipinski definition) is 1. The monoisotopic (exact) mass is 283 g/mol. The Morgan fingerprint density at radius 1 is 1.31 bits per heavy atom. The van der Waals surface area contributed by atoms with Gasteiger partial charge in [0, 0.05) is 23.6 Å². The van der Waals surface area contributed by atoms with Crippen LogP contribution in [0.1, 0.15) is 24.8 Å². The quantitative estimate of drug-likeness (QED) is 0.802. The van der Waals surface area contributed by atoms with E-state index in [9.17, 15) is 4.39 Å². The molecule has 16 heavy (non-hydrogen) atoms. The van der Waals surface area contributed by atoms with Gasteiger partial charge in [0.2, 0.25) is 0 Å². The van der Waals surface area contributed by atoms with Gasteiger partial charge in [-0.1, -0.05) is 15.9 Å². The van der Waals surface area contributed by atoms with E-state index in [4.69, 9.17) is 0 Å². The van der Waals surface area contributed by atoms with Crippen molar-refractivity contribution in [3.05, 3.63) is 34.1 Å². The summed E-state index contributed by atoms with van der Waals surface area (Å²) in [5, 5.41) is 0. The summed E-state index contributed by atoms with van der Waals surface area (Å²) in [4.78, 5) is 2.51. The van der Waals surface area contributed by atoms with Crippen molar-refractivity contribution >= 4 is 15.9 Å². The molecule has 1 aromatic carbocycles. The van der Waals surface area contributed by atoms with Gasteiger partial charge in [-0.05, 0) is 48.9 Å². The molecule has 1 heterocycles. The number of nitrogens with zero attached hydrogens (tertiary/aromatic N) is 1. The summed E-state index contributed by atoms with van der Waals surface area (Å²) < 4.78 is 14.1. The fourth-order valence-electron chi connectivity index (χ4n) is 3.16. The number of hydrogen-bond donors (Lipinski definition) is 0. The topological polar surface area (TPSA) is 3.24 Å². The van der Waals surface area contributed by atoms with Crippen LogP contribution in [0.3, 0.4) is 0 Å². The molecule has 1 aliphatic heterocycles. The Morgan fingerprint density at radius 3 is 2.81 bits per heavy atom. The molecule has 3 heteroatoms. The van der Waals surface area contributed by atoms with Crippen molar-refractivity contribution < 1.29 is 4.39 Å². The van der Waals surface area contributed by atoms with E-state index in [1.165, 1.54) is 31.9 Å². The number of rotatable bonds is 2. The highest BCUT2D eigenvalue weighted by molar-refractivity contribution is 9.10. The van der Waals surface area contributed by atoms with E-state index in [1.54, 1.807) is 6.07 Å². The summed E-state index contributed by atoms with van der Waals surface area (Å²) in [5.74, 6) is 0.760. The minimum Gasteiger partial charge on any atom is -0.296 e. The van der Waals surface area contributed by atoms with Crippen molar-refractivity contribution in [1.82, 2.24) is 4.90 Å². The van der Waals surface area contributed by atoms with Crippen LogP contribution in [-0.4, -0.2) is 17.5 Å². The van der Waals surface area contributed by atoms with Crippen molar-refractivity contribution in [3.8, 4) is 0 Å². The second kappa shape index (κ2) is 4.11. The predicted molar refractivity (Wildman–Crippen MR) is 65.6 cm³/mol. The van der Waals surface area contributed by atoms with Crippen LogP contribution in [0.15, 0.2) is 22.7 Å². The molecular formula is C13H15BrFN. The summed E-state index contributed by atoms with van der Waals surface area (Å²) >= 11 is 3.34. The second-order valence-electron chi connectivity index (χ2n) is 5.04. The van der Waals surface area contributed by atoms with Gasteiger partial charge in [0.15, 0.2) is 0 Å². The van der Waals surface area contributed by atoms with Crippen molar-refractivity contribution in [1.29, 1.82) is 0 Å². The molecule has 0 N–H and O–H groups in total. The molecule has 1 saturated heterocycles. The van der Waals surface area contributed by atoms with Gasteiger partial charge in [-0.3, -0.25) is 4.90 Å². The largest absolute Gasteiger partial charge is 0.296 e. The molecule has 3 rings (SSSR count). The molecular weight excluding hydrogens is 269 g/mol. The molecule has 1 aromatic rings. The lowest BCUT2D eigenvalue weighted by molar-refractivity contribution is 0.205. The summed E-state index contributed by atoms with van der Waals surface area (Å²) in [6, 6.07) is 5.94. The lowest BCUT2D eigenvalue weighted by Crippen LogP contribution is -2.31. The highest BCUT2D eigenvalue weighted by Gasteiger charge is 2.37. The Labute approximate surface area is 104 Å². The first-order valence-electron chi connectivity index (χ1n) is 5.90. The molecule has 1 nitrogen and oxygen atoms in total. The van der Waals surface area contributed by atoms with Gasteiger partial charge in [0.25, 0.3) is 0 Å². The van der Waals surface area contributed by atoms with Crippen LogP contribution in [-0.2, 0) is 6.54 Å². The first kappa shape index (κ1) is 10.7. The van der Waals surface area contributed by atoms with Crippen LogP contribution >= 0.6 is 15.9 Å². The Bertz CT molecular complexity index is 387. The van der Waals surface area contributed by atoms with Gasteiger partial charge in [-0.2, -0.15) is 0 Å². The fourth-order valence-corrected chi connectivity index (χ4v) is 3.67. The minimum atomic E-state index is -0.145. The number of piperidine rings is 1. The number of halogens is 2. The molecule has 2 fully saturated rings. The number of fused-ring (bicyclic) bond motifs is 2. The number of likely N-dealkylation sites (tertiary alicyclic amines) is 1. The van der Waals surface area contributed by atoms with Gasteiger partial charge in [0.1, 0.15) is 5.82 Å². The molecule has 2 unspecified atom stereocenters. The molecule has 0 aromatic heterocycles. The Balaban J connectivity index is 1.74. The first-order chi connectivity index (χ1) is 7.70. The zero-order valence-electron chi connectivity index (χ0n) is 9.13. The summed E-state index contributed by atoms with van der Waals surface area (Å²) in [6.45, 7) is 2.11. The molecule has 0 amide bonds. The molecule has 2 atom stereocenters. The van der Waals surface area contributed by atoms with Crippen molar-refractivity contribution in [2.75, 3.05) is 6.54 Å². The smallest absolute Gasteiger partial charge is 0.124 e. The van der Waals surface area contributed by atoms with Gasteiger partial charge >= 0.3 is 0 Å². The van der Waals surface area contributed by atoms with Gasteiger partial charge in [-0.25, -0.2) is 4.39 Å². The highest BCUT2D eigenvalue weighted by Crippen LogP contribution is 2.38. The van der Waals surface area contributed by atoms with Crippen LogP contribution in [0.2, 0.25) is 0 Å². The lowest BCUT2D eigenvalue weighted by Gasteiger charge is -2.26. The third-order valence-corrected chi connectivity index (χ3v) is 4.29. The fraction of sp³-hybridized carbons (Fsp3) is 0.538. The average Bonchev–Trinajstić information content (AvgIpc) is 2.77. The van der Waals surface area contributed by atoms with E-state index >= 15 is 0 Å². The van der Waals surface area contributed by atoms with Crippen molar-refractivity contribution in [2.24, 2.45) is 5.92 Å². The van der Waals surface area contributed by atoms with Gasteiger partial charge < -0.3 is 0 Å². The minimum absolute atomic E-state index is 0.145.